The standard InChI is InChI=1S/C17H26N2O3S/c1-5-14-18-11(3)16(23-14)12(4)22-17(21)13-8-7-9-19(10-13)15(20)6-2/h12-13H,5-10H2,1-4H3/t12-,13-/m0/s1. The second-order valence-electron chi connectivity index (χ2n) is 6.02. The molecule has 0 aliphatic carbocycles. The summed E-state index contributed by atoms with van der Waals surface area (Å²) in [5.41, 5.74) is 0.943. The molecule has 2 heterocycles. The van der Waals surface area contributed by atoms with Crippen LogP contribution in [-0.2, 0) is 20.7 Å². The Morgan fingerprint density at radius 1 is 1.43 bits per heavy atom. The topological polar surface area (TPSA) is 59.5 Å². The Morgan fingerprint density at radius 3 is 2.78 bits per heavy atom. The number of aryl methyl sites for hydroxylation is 2. The van der Waals surface area contributed by atoms with Gasteiger partial charge in [-0.1, -0.05) is 13.8 Å². The van der Waals surface area contributed by atoms with E-state index in [-0.39, 0.29) is 23.9 Å². The Bertz CT molecular complexity index is 570. The summed E-state index contributed by atoms with van der Waals surface area (Å²) in [5, 5.41) is 1.07. The van der Waals surface area contributed by atoms with Gasteiger partial charge in [0, 0.05) is 19.5 Å². The third kappa shape index (κ3) is 4.31. The molecule has 2 atom stereocenters. The van der Waals surface area contributed by atoms with Crippen LogP contribution >= 0.6 is 11.3 Å². The second-order valence-corrected chi connectivity index (χ2v) is 7.14. The number of likely N-dealkylation sites (tertiary alicyclic amines) is 1. The van der Waals surface area contributed by atoms with Gasteiger partial charge in [0.2, 0.25) is 5.91 Å². The van der Waals surface area contributed by atoms with Crippen molar-refractivity contribution in [3.8, 4) is 0 Å². The van der Waals surface area contributed by atoms with Crippen molar-refractivity contribution in [2.45, 2.75) is 59.5 Å². The molecule has 1 aliphatic heterocycles. The molecule has 5 nitrogen and oxygen atoms in total. The van der Waals surface area contributed by atoms with Crippen LogP contribution in [0.1, 0.15) is 61.7 Å². The van der Waals surface area contributed by atoms with E-state index < -0.39 is 0 Å². The summed E-state index contributed by atoms with van der Waals surface area (Å²) < 4.78 is 5.67. The third-order valence-corrected chi connectivity index (χ3v) is 5.71. The maximum Gasteiger partial charge on any atom is 0.311 e. The number of esters is 1. The van der Waals surface area contributed by atoms with E-state index in [0.29, 0.717) is 13.0 Å². The summed E-state index contributed by atoms with van der Waals surface area (Å²) in [5.74, 6) is -0.293. The maximum atomic E-state index is 12.4. The molecule has 1 saturated heterocycles. The van der Waals surface area contributed by atoms with Gasteiger partial charge in [-0.25, -0.2) is 4.98 Å². The smallest absolute Gasteiger partial charge is 0.311 e. The number of aromatic nitrogens is 1. The molecule has 1 amide bonds. The van der Waals surface area contributed by atoms with E-state index in [9.17, 15) is 9.59 Å². The first-order chi connectivity index (χ1) is 11.0. The number of ether oxygens (including phenoxy) is 1. The molecule has 0 unspecified atom stereocenters. The summed E-state index contributed by atoms with van der Waals surface area (Å²) in [6.45, 7) is 9.01. The summed E-state index contributed by atoms with van der Waals surface area (Å²) in [6.07, 6.45) is 2.75. The van der Waals surface area contributed by atoms with E-state index in [4.69, 9.17) is 4.74 Å². The first kappa shape index (κ1) is 17.9. The normalized spacial score (nSPS) is 19.5. The van der Waals surface area contributed by atoms with Gasteiger partial charge in [-0.3, -0.25) is 9.59 Å². The van der Waals surface area contributed by atoms with Gasteiger partial charge in [-0.15, -0.1) is 11.3 Å². The fourth-order valence-corrected chi connectivity index (χ4v) is 3.93. The van der Waals surface area contributed by atoms with Crippen LogP contribution < -0.4 is 0 Å². The molecular weight excluding hydrogens is 312 g/mol. The minimum atomic E-state index is -0.280. The van der Waals surface area contributed by atoms with Crippen molar-refractivity contribution in [2.75, 3.05) is 13.1 Å². The number of hydrogen-bond donors (Lipinski definition) is 0. The van der Waals surface area contributed by atoms with Crippen molar-refractivity contribution in [2.24, 2.45) is 5.92 Å². The zero-order chi connectivity index (χ0) is 17.0. The van der Waals surface area contributed by atoms with Gasteiger partial charge in [0.1, 0.15) is 6.10 Å². The van der Waals surface area contributed by atoms with Gasteiger partial charge < -0.3 is 9.64 Å². The van der Waals surface area contributed by atoms with E-state index in [2.05, 4.69) is 11.9 Å². The summed E-state index contributed by atoms with van der Waals surface area (Å²) in [4.78, 5) is 31.6. The molecule has 0 radical (unpaired) electrons. The van der Waals surface area contributed by atoms with Gasteiger partial charge in [0.25, 0.3) is 0 Å². The maximum absolute atomic E-state index is 12.4. The predicted molar refractivity (Wildman–Crippen MR) is 90.3 cm³/mol. The number of amides is 1. The van der Waals surface area contributed by atoms with Crippen LogP contribution in [0.4, 0.5) is 0 Å². The first-order valence-corrected chi connectivity index (χ1v) is 9.22. The van der Waals surface area contributed by atoms with Crippen LogP contribution in [0, 0.1) is 12.8 Å². The van der Waals surface area contributed by atoms with Gasteiger partial charge in [-0.05, 0) is 33.1 Å². The molecule has 1 aromatic heterocycles. The number of rotatable bonds is 5. The molecule has 0 spiro atoms. The highest BCUT2D eigenvalue weighted by molar-refractivity contribution is 7.11. The minimum absolute atomic E-state index is 0.112. The Kier molecular flexibility index (Phi) is 6.16. The molecule has 128 valence electrons. The Morgan fingerprint density at radius 2 is 2.17 bits per heavy atom. The zero-order valence-corrected chi connectivity index (χ0v) is 15.2. The zero-order valence-electron chi connectivity index (χ0n) is 14.4. The first-order valence-electron chi connectivity index (χ1n) is 8.40. The van der Waals surface area contributed by atoms with Gasteiger partial charge >= 0.3 is 5.97 Å². The molecular formula is C17H26N2O3S. The van der Waals surface area contributed by atoms with Crippen LogP contribution in [0.5, 0.6) is 0 Å². The van der Waals surface area contributed by atoms with Crippen molar-refractivity contribution < 1.29 is 14.3 Å². The fraction of sp³-hybridized carbons (Fsp3) is 0.706. The average Bonchev–Trinajstić information content (AvgIpc) is 2.95. The highest BCUT2D eigenvalue weighted by Gasteiger charge is 2.30. The van der Waals surface area contributed by atoms with Gasteiger partial charge in [0.05, 0.1) is 21.5 Å². The third-order valence-electron chi connectivity index (χ3n) is 4.25. The van der Waals surface area contributed by atoms with Crippen LogP contribution in [0.25, 0.3) is 0 Å². The molecule has 0 saturated carbocycles. The van der Waals surface area contributed by atoms with Crippen LogP contribution in [0.2, 0.25) is 0 Å². The molecule has 2 rings (SSSR count). The molecule has 1 aliphatic rings. The van der Waals surface area contributed by atoms with Crippen LogP contribution in [-0.4, -0.2) is 34.8 Å². The van der Waals surface area contributed by atoms with Crippen molar-refractivity contribution in [3.63, 3.8) is 0 Å². The molecule has 0 N–H and O–H groups in total. The van der Waals surface area contributed by atoms with Crippen molar-refractivity contribution in [1.29, 1.82) is 0 Å². The summed E-state index contributed by atoms with van der Waals surface area (Å²) in [7, 11) is 0. The Balaban J connectivity index is 1.97. The highest BCUT2D eigenvalue weighted by Crippen LogP contribution is 2.29. The molecule has 0 bridgehead atoms. The van der Waals surface area contributed by atoms with Crippen molar-refractivity contribution in [1.82, 2.24) is 9.88 Å². The van der Waals surface area contributed by atoms with E-state index in [1.165, 1.54) is 0 Å². The van der Waals surface area contributed by atoms with Gasteiger partial charge in [0.15, 0.2) is 0 Å². The predicted octanol–water partition coefficient (Wildman–Crippen LogP) is 3.27. The second kappa shape index (κ2) is 7.90. The van der Waals surface area contributed by atoms with Crippen LogP contribution in [0.3, 0.4) is 0 Å². The average molecular weight is 338 g/mol. The Hall–Kier alpha value is -1.43. The van der Waals surface area contributed by atoms with Crippen molar-refractivity contribution in [3.05, 3.63) is 15.6 Å². The summed E-state index contributed by atoms with van der Waals surface area (Å²) in [6, 6.07) is 0. The lowest BCUT2D eigenvalue weighted by Gasteiger charge is -2.32. The lowest BCUT2D eigenvalue weighted by Crippen LogP contribution is -2.42. The molecule has 6 heteroatoms. The Labute approximate surface area is 142 Å². The molecule has 23 heavy (non-hydrogen) atoms. The number of thiazole rings is 1. The lowest BCUT2D eigenvalue weighted by atomic mass is 9.98. The van der Waals surface area contributed by atoms with Crippen molar-refractivity contribution >= 4 is 23.2 Å². The van der Waals surface area contributed by atoms with E-state index in [1.807, 2.05) is 20.8 Å². The van der Waals surface area contributed by atoms with E-state index in [1.54, 1.807) is 16.2 Å². The van der Waals surface area contributed by atoms with Crippen LogP contribution in [0.15, 0.2) is 0 Å². The molecule has 1 aromatic rings. The number of hydrogen-bond acceptors (Lipinski definition) is 5. The van der Waals surface area contributed by atoms with Gasteiger partial charge in [-0.2, -0.15) is 0 Å². The SMILES string of the molecule is CCC(=O)N1CCC[C@H](C(=O)O[C@@H](C)c2sc(CC)nc2C)C1. The highest BCUT2D eigenvalue weighted by atomic mass is 32.1. The minimum Gasteiger partial charge on any atom is -0.457 e. The summed E-state index contributed by atoms with van der Waals surface area (Å²) >= 11 is 1.61. The lowest BCUT2D eigenvalue weighted by molar-refractivity contribution is -0.156. The quantitative estimate of drug-likeness (QED) is 0.773. The monoisotopic (exact) mass is 338 g/mol. The van der Waals surface area contributed by atoms with E-state index in [0.717, 1.165) is 41.4 Å². The fourth-order valence-electron chi connectivity index (χ4n) is 2.94. The molecule has 1 fully saturated rings. The largest absolute Gasteiger partial charge is 0.457 e. The number of nitrogens with zero attached hydrogens (tertiary/aromatic N) is 2. The van der Waals surface area contributed by atoms with E-state index >= 15 is 0 Å². The number of carbonyl (C=O) groups excluding carboxylic acids is 2. The number of carbonyl (C=O) groups is 2. The number of piperidine rings is 1. The molecule has 0 aromatic carbocycles.